The molecule has 0 atom stereocenters. The Labute approximate surface area is 136 Å². The van der Waals surface area contributed by atoms with Crippen LogP contribution in [0.2, 0.25) is 0 Å². The second kappa shape index (κ2) is 6.18. The summed E-state index contributed by atoms with van der Waals surface area (Å²) in [6, 6.07) is 13.5. The molecule has 0 bridgehead atoms. The maximum atomic E-state index is 12.2. The van der Waals surface area contributed by atoms with Crippen LogP contribution < -0.4 is 5.32 Å². The fourth-order valence-corrected chi connectivity index (χ4v) is 3.29. The Hall–Kier alpha value is -2.73. The molecule has 0 aliphatic heterocycles. The van der Waals surface area contributed by atoms with Crippen LogP contribution in [0.5, 0.6) is 0 Å². The monoisotopic (exact) mass is 326 g/mol. The van der Waals surface area contributed by atoms with Gasteiger partial charge in [0, 0.05) is 11.1 Å². The zero-order chi connectivity index (χ0) is 16.4. The Morgan fingerprint density at radius 3 is 2.65 bits per heavy atom. The van der Waals surface area contributed by atoms with E-state index in [1.54, 1.807) is 6.92 Å². The molecule has 0 spiro atoms. The number of hydrogen-bond acceptors (Lipinski definition) is 4. The zero-order valence-electron chi connectivity index (χ0n) is 12.4. The number of benzene rings is 2. The highest BCUT2D eigenvalue weighted by Gasteiger charge is 2.16. The van der Waals surface area contributed by atoms with E-state index in [0.717, 1.165) is 27.8 Å². The number of rotatable bonds is 4. The molecule has 2 aromatic carbocycles. The number of carboxylic acid groups (broad SMARTS) is 1. The summed E-state index contributed by atoms with van der Waals surface area (Å²) in [6.07, 6.45) is 0.0575. The van der Waals surface area contributed by atoms with Crippen molar-refractivity contribution in [3.05, 3.63) is 58.0 Å². The number of thiazole rings is 1. The third kappa shape index (κ3) is 3.22. The number of carboxylic acids is 1. The summed E-state index contributed by atoms with van der Waals surface area (Å²) >= 11 is 1.04. The van der Waals surface area contributed by atoms with Gasteiger partial charge in [-0.2, -0.15) is 0 Å². The van der Waals surface area contributed by atoms with Gasteiger partial charge >= 0.3 is 5.97 Å². The van der Waals surface area contributed by atoms with Crippen molar-refractivity contribution >= 4 is 39.7 Å². The normalized spacial score (nSPS) is 10.7. The Balaban J connectivity index is 1.79. The topological polar surface area (TPSA) is 79.3 Å². The number of hydrogen-bond donors (Lipinski definition) is 2. The molecule has 23 heavy (non-hydrogen) atoms. The first kappa shape index (κ1) is 15.2. The van der Waals surface area contributed by atoms with Gasteiger partial charge in [-0.15, -0.1) is 11.3 Å². The van der Waals surface area contributed by atoms with Crippen LogP contribution in [-0.2, 0) is 11.2 Å². The summed E-state index contributed by atoms with van der Waals surface area (Å²) in [7, 11) is 0. The van der Waals surface area contributed by atoms with Gasteiger partial charge in [0.1, 0.15) is 9.88 Å². The summed E-state index contributed by atoms with van der Waals surface area (Å²) in [4.78, 5) is 27.6. The lowest BCUT2D eigenvalue weighted by Crippen LogP contribution is -2.14. The summed E-state index contributed by atoms with van der Waals surface area (Å²) in [5.74, 6) is -1.23. The zero-order valence-corrected chi connectivity index (χ0v) is 13.2. The van der Waals surface area contributed by atoms with Gasteiger partial charge < -0.3 is 10.4 Å². The minimum absolute atomic E-state index is 0.0575. The van der Waals surface area contributed by atoms with Crippen molar-refractivity contribution in [3.8, 4) is 0 Å². The van der Waals surface area contributed by atoms with Gasteiger partial charge in [0.25, 0.3) is 0 Å². The SMILES string of the molecule is Cc1nc(CC(=O)Nc2cccc3ccccc23)sc1C(=O)O. The van der Waals surface area contributed by atoms with Gasteiger partial charge in [-0.05, 0) is 18.4 Å². The van der Waals surface area contributed by atoms with Crippen molar-refractivity contribution in [1.82, 2.24) is 4.98 Å². The molecule has 3 rings (SSSR count). The fourth-order valence-electron chi connectivity index (χ4n) is 2.39. The van der Waals surface area contributed by atoms with Gasteiger partial charge in [0.15, 0.2) is 0 Å². The molecule has 2 N–H and O–H groups in total. The molecule has 0 unspecified atom stereocenters. The van der Waals surface area contributed by atoms with E-state index in [1.165, 1.54) is 0 Å². The Morgan fingerprint density at radius 2 is 1.91 bits per heavy atom. The minimum Gasteiger partial charge on any atom is -0.477 e. The molecule has 6 heteroatoms. The lowest BCUT2D eigenvalue weighted by molar-refractivity contribution is -0.115. The van der Waals surface area contributed by atoms with Crippen molar-refractivity contribution in [2.24, 2.45) is 0 Å². The van der Waals surface area contributed by atoms with E-state index in [-0.39, 0.29) is 17.2 Å². The second-order valence-electron chi connectivity index (χ2n) is 5.08. The van der Waals surface area contributed by atoms with Gasteiger partial charge in [-0.3, -0.25) is 4.79 Å². The van der Waals surface area contributed by atoms with E-state index in [1.807, 2.05) is 42.5 Å². The molecular formula is C17H14N2O3S. The largest absolute Gasteiger partial charge is 0.477 e. The molecule has 3 aromatic rings. The molecule has 0 aliphatic carbocycles. The molecule has 116 valence electrons. The van der Waals surface area contributed by atoms with Crippen molar-refractivity contribution in [2.45, 2.75) is 13.3 Å². The molecule has 0 radical (unpaired) electrons. The fraction of sp³-hybridized carbons (Fsp3) is 0.118. The lowest BCUT2D eigenvalue weighted by atomic mass is 10.1. The number of nitrogens with zero attached hydrogens (tertiary/aromatic N) is 1. The Bertz CT molecular complexity index is 896. The van der Waals surface area contributed by atoms with Crippen LogP contribution in [0.4, 0.5) is 5.69 Å². The van der Waals surface area contributed by atoms with Crippen LogP contribution in [0.25, 0.3) is 10.8 Å². The number of aromatic nitrogens is 1. The average molecular weight is 326 g/mol. The van der Waals surface area contributed by atoms with E-state index in [9.17, 15) is 9.59 Å². The van der Waals surface area contributed by atoms with Gasteiger partial charge in [-0.1, -0.05) is 36.4 Å². The van der Waals surface area contributed by atoms with Crippen molar-refractivity contribution in [1.29, 1.82) is 0 Å². The van der Waals surface area contributed by atoms with Crippen LogP contribution in [0, 0.1) is 6.92 Å². The summed E-state index contributed by atoms with van der Waals surface area (Å²) in [6.45, 7) is 1.63. The number of nitrogens with one attached hydrogen (secondary N) is 1. The highest BCUT2D eigenvalue weighted by molar-refractivity contribution is 7.13. The number of anilines is 1. The maximum Gasteiger partial charge on any atom is 0.347 e. The van der Waals surface area contributed by atoms with Crippen molar-refractivity contribution < 1.29 is 14.7 Å². The molecule has 0 saturated carbocycles. The van der Waals surface area contributed by atoms with E-state index in [0.29, 0.717) is 10.7 Å². The maximum absolute atomic E-state index is 12.2. The van der Waals surface area contributed by atoms with Crippen molar-refractivity contribution in [2.75, 3.05) is 5.32 Å². The first-order chi connectivity index (χ1) is 11.0. The summed E-state index contributed by atoms with van der Waals surface area (Å²) in [5, 5.41) is 14.4. The summed E-state index contributed by atoms with van der Waals surface area (Å²) in [5.41, 5.74) is 1.18. The van der Waals surface area contributed by atoms with Gasteiger partial charge in [0.2, 0.25) is 5.91 Å². The Kier molecular flexibility index (Phi) is 4.08. The molecule has 0 aliphatic rings. The number of amides is 1. The minimum atomic E-state index is -1.01. The molecule has 1 aromatic heterocycles. The molecular weight excluding hydrogens is 312 g/mol. The first-order valence-electron chi connectivity index (χ1n) is 7.02. The first-order valence-corrected chi connectivity index (χ1v) is 7.83. The quantitative estimate of drug-likeness (QED) is 0.769. The van der Waals surface area contributed by atoms with Gasteiger partial charge in [0.05, 0.1) is 12.1 Å². The third-order valence-electron chi connectivity index (χ3n) is 3.41. The number of aromatic carboxylic acids is 1. The van der Waals surface area contributed by atoms with E-state index in [2.05, 4.69) is 10.3 Å². The number of fused-ring (bicyclic) bond motifs is 1. The van der Waals surface area contributed by atoms with Crippen LogP contribution in [-0.4, -0.2) is 22.0 Å². The lowest BCUT2D eigenvalue weighted by Gasteiger charge is -2.07. The van der Waals surface area contributed by atoms with Crippen LogP contribution >= 0.6 is 11.3 Å². The smallest absolute Gasteiger partial charge is 0.347 e. The second-order valence-corrected chi connectivity index (χ2v) is 6.16. The molecule has 1 heterocycles. The third-order valence-corrected chi connectivity index (χ3v) is 4.56. The standard InChI is InChI=1S/C17H14N2O3S/c1-10-16(17(21)22)23-15(18-10)9-14(20)19-13-8-4-6-11-5-2-3-7-12(11)13/h2-8H,9H2,1H3,(H,19,20)(H,21,22). The van der Waals surface area contributed by atoms with Crippen molar-refractivity contribution in [3.63, 3.8) is 0 Å². The van der Waals surface area contributed by atoms with Gasteiger partial charge in [-0.25, -0.2) is 9.78 Å². The highest BCUT2D eigenvalue weighted by atomic mass is 32.1. The van der Waals surface area contributed by atoms with Crippen LogP contribution in [0.3, 0.4) is 0 Å². The number of carbonyl (C=O) groups is 2. The molecule has 1 amide bonds. The Morgan fingerprint density at radius 1 is 1.17 bits per heavy atom. The molecule has 0 saturated heterocycles. The number of aryl methyl sites for hydroxylation is 1. The highest BCUT2D eigenvalue weighted by Crippen LogP contribution is 2.24. The predicted molar refractivity (Wildman–Crippen MR) is 90.1 cm³/mol. The predicted octanol–water partition coefficient (Wildman–Crippen LogP) is 3.48. The molecule has 0 fully saturated rings. The van der Waals surface area contributed by atoms with E-state index >= 15 is 0 Å². The average Bonchev–Trinajstić information content (AvgIpc) is 2.88. The van der Waals surface area contributed by atoms with E-state index in [4.69, 9.17) is 5.11 Å². The molecule has 5 nitrogen and oxygen atoms in total. The summed E-state index contributed by atoms with van der Waals surface area (Å²) < 4.78 is 0. The number of carbonyl (C=O) groups excluding carboxylic acids is 1. The van der Waals surface area contributed by atoms with E-state index < -0.39 is 5.97 Å². The van der Waals surface area contributed by atoms with Crippen LogP contribution in [0.1, 0.15) is 20.4 Å². The van der Waals surface area contributed by atoms with Crippen LogP contribution in [0.15, 0.2) is 42.5 Å².